The lowest BCUT2D eigenvalue weighted by Crippen LogP contribution is -2.46. The van der Waals surface area contributed by atoms with Gasteiger partial charge in [-0.3, -0.25) is 4.79 Å². The highest BCUT2D eigenvalue weighted by atomic mass is 35.5. The van der Waals surface area contributed by atoms with Crippen molar-refractivity contribution in [3.63, 3.8) is 0 Å². The monoisotopic (exact) mass is 260 g/mol. The lowest BCUT2D eigenvalue weighted by Gasteiger charge is -2.32. The van der Waals surface area contributed by atoms with E-state index in [9.17, 15) is 4.79 Å². The fourth-order valence-electron chi connectivity index (χ4n) is 3.00. The first-order valence-corrected chi connectivity index (χ1v) is 6.79. The molecular formula is C13H25ClN2O. The summed E-state index contributed by atoms with van der Waals surface area (Å²) in [7, 11) is 0. The van der Waals surface area contributed by atoms with Gasteiger partial charge in [0, 0.05) is 25.6 Å². The van der Waals surface area contributed by atoms with Crippen molar-refractivity contribution in [2.24, 2.45) is 11.7 Å². The van der Waals surface area contributed by atoms with E-state index in [-0.39, 0.29) is 18.4 Å². The highest BCUT2D eigenvalue weighted by Crippen LogP contribution is 2.27. The van der Waals surface area contributed by atoms with E-state index >= 15 is 0 Å². The van der Waals surface area contributed by atoms with E-state index in [1.807, 2.05) is 4.90 Å². The number of hydrogen-bond donors (Lipinski definition) is 1. The Balaban J connectivity index is 0.00000144. The molecule has 1 atom stereocenters. The molecule has 0 aromatic carbocycles. The third kappa shape index (κ3) is 4.47. The molecule has 1 saturated carbocycles. The Morgan fingerprint density at radius 3 is 2.47 bits per heavy atom. The standard InChI is InChI=1S/C13H24N2O.ClH/c14-12-7-4-8-15(10-12)13(16)9-11-5-2-1-3-6-11;/h11-12H,1-10,14H2;1H. The molecule has 3 nitrogen and oxygen atoms in total. The van der Waals surface area contributed by atoms with Crippen molar-refractivity contribution >= 4 is 18.3 Å². The largest absolute Gasteiger partial charge is 0.341 e. The van der Waals surface area contributed by atoms with E-state index in [2.05, 4.69) is 0 Å². The highest BCUT2D eigenvalue weighted by molar-refractivity contribution is 5.85. The molecule has 0 aromatic rings. The molecule has 0 bridgehead atoms. The van der Waals surface area contributed by atoms with E-state index in [0.29, 0.717) is 11.8 Å². The van der Waals surface area contributed by atoms with Gasteiger partial charge in [-0.05, 0) is 31.6 Å². The van der Waals surface area contributed by atoms with Crippen molar-refractivity contribution in [1.82, 2.24) is 4.90 Å². The highest BCUT2D eigenvalue weighted by Gasteiger charge is 2.24. The molecule has 4 heteroatoms. The Hall–Kier alpha value is -0.280. The molecule has 0 aromatic heterocycles. The quantitative estimate of drug-likeness (QED) is 0.828. The maximum absolute atomic E-state index is 12.1. The average Bonchev–Trinajstić information content (AvgIpc) is 2.30. The molecule has 1 unspecified atom stereocenters. The van der Waals surface area contributed by atoms with Crippen molar-refractivity contribution in [1.29, 1.82) is 0 Å². The molecular weight excluding hydrogens is 236 g/mol. The van der Waals surface area contributed by atoms with Crippen molar-refractivity contribution in [3.8, 4) is 0 Å². The van der Waals surface area contributed by atoms with E-state index in [0.717, 1.165) is 32.4 Å². The first-order valence-electron chi connectivity index (χ1n) is 6.79. The van der Waals surface area contributed by atoms with Gasteiger partial charge in [0.05, 0.1) is 0 Å². The van der Waals surface area contributed by atoms with Gasteiger partial charge < -0.3 is 10.6 Å². The predicted octanol–water partition coefficient (Wildman–Crippen LogP) is 2.33. The molecule has 2 fully saturated rings. The van der Waals surface area contributed by atoms with Crippen molar-refractivity contribution in [3.05, 3.63) is 0 Å². The topological polar surface area (TPSA) is 46.3 Å². The van der Waals surface area contributed by atoms with Crippen LogP contribution in [0.3, 0.4) is 0 Å². The second-order valence-corrected chi connectivity index (χ2v) is 5.45. The van der Waals surface area contributed by atoms with Crippen LogP contribution in [-0.2, 0) is 4.79 Å². The molecule has 0 spiro atoms. The second-order valence-electron chi connectivity index (χ2n) is 5.45. The van der Waals surface area contributed by atoms with E-state index in [1.54, 1.807) is 0 Å². The SMILES string of the molecule is Cl.NC1CCCN(C(=O)CC2CCCCC2)C1. The summed E-state index contributed by atoms with van der Waals surface area (Å²) in [5.74, 6) is 1.00. The zero-order valence-electron chi connectivity index (χ0n) is 10.6. The molecule has 100 valence electrons. The smallest absolute Gasteiger partial charge is 0.222 e. The lowest BCUT2D eigenvalue weighted by molar-refractivity contribution is -0.133. The number of carbonyl (C=O) groups excluding carboxylic acids is 1. The minimum atomic E-state index is 0. The molecule has 0 radical (unpaired) electrons. The Bertz CT molecular complexity index is 242. The lowest BCUT2D eigenvalue weighted by atomic mass is 9.86. The number of hydrogen-bond acceptors (Lipinski definition) is 2. The molecule has 1 saturated heterocycles. The number of amides is 1. The van der Waals surface area contributed by atoms with Crippen molar-refractivity contribution < 1.29 is 4.79 Å². The fourth-order valence-corrected chi connectivity index (χ4v) is 3.00. The van der Waals surface area contributed by atoms with Crippen LogP contribution in [0.25, 0.3) is 0 Å². The van der Waals surface area contributed by atoms with Crippen LogP contribution in [0.5, 0.6) is 0 Å². The van der Waals surface area contributed by atoms with Crippen LogP contribution in [0, 0.1) is 5.92 Å². The van der Waals surface area contributed by atoms with E-state index < -0.39 is 0 Å². The van der Waals surface area contributed by atoms with Crippen molar-refractivity contribution in [2.45, 2.75) is 57.4 Å². The van der Waals surface area contributed by atoms with Gasteiger partial charge in [0.2, 0.25) is 5.91 Å². The summed E-state index contributed by atoms with van der Waals surface area (Å²) in [6.07, 6.45) is 9.43. The number of piperidine rings is 1. The molecule has 2 aliphatic rings. The van der Waals surface area contributed by atoms with Gasteiger partial charge in [-0.1, -0.05) is 19.3 Å². The van der Waals surface area contributed by atoms with Gasteiger partial charge in [-0.25, -0.2) is 0 Å². The second kappa shape index (κ2) is 7.22. The molecule has 1 aliphatic carbocycles. The zero-order chi connectivity index (χ0) is 11.4. The van der Waals surface area contributed by atoms with Crippen molar-refractivity contribution in [2.75, 3.05) is 13.1 Å². The Morgan fingerprint density at radius 2 is 1.82 bits per heavy atom. The van der Waals surface area contributed by atoms with Crippen LogP contribution in [-0.4, -0.2) is 29.9 Å². The van der Waals surface area contributed by atoms with E-state index in [4.69, 9.17) is 5.73 Å². The van der Waals surface area contributed by atoms with Crippen LogP contribution in [0.1, 0.15) is 51.4 Å². The summed E-state index contributed by atoms with van der Waals surface area (Å²) < 4.78 is 0. The number of halogens is 1. The third-order valence-electron chi connectivity index (χ3n) is 4.00. The minimum absolute atomic E-state index is 0. The first kappa shape index (κ1) is 14.8. The van der Waals surface area contributed by atoms with Crippen LogP contribution in [0.15, 0.2) is 0 Å². The summed E-state index contributed by atoms with van der Waals surface area (Å²) in [5.41, 5.74) is 5.90. The van der Waals surface area contributed by atoms with Crippen LogP contribution in [0.2, 0.25) is 0 Å². The molecule has 1 amide bonds. The summed E-state index contributed by atoms with van der Waals surface area (Å²) in [6, 6.07) is 0.212. The van der Waals surface area contributed by atoms with Gasteiger partial charge >= 0.3 is 0 Å². The number of carbonyl (C=O) groups is 1. The summed E-state index contributed by atoms with van der Waals surface area (Å²) in [6.45, 7) is 1.71. The number of likely N-dealkylation sites (tertiary alicyclic amines) is 1. The Kier molecular flexibility index (Phi) is 6.28. The minimum Gasteiger partial charge on any atom is -0.341 e. The molecule has 1 aliphatic heterocycles. The Morgan fingerprint density at radius 1 is 1.12 bits per heavy atom. The van der Waals surface area contributed by atoms with Gasteiger partial charge in [0.15, 0.2) is 0 Å². The normalized spacial score (nSPS) is 26.4. The molecule has 1 heterocycles. The van der Waals surface area contributed by atoms with E-state index in [1.165, 1.54) is 32.1 Å². The van der Waals surface area contributed by atoms with Gasteiger partial charge in [-0.15, -0.1) is 12.4 Å². The predicted molar refractivity (Wildman–Crippen MR) is 72.2 cm³/mol. The summed E-state index contributed by atoms with van der Waals surface area (Å²) in [5, 5.41) is 0. The van der Waals surface area contributed by atoms with Gasteiger partial charge in [0.1, 0.15) is 0 Å². The molecule has 17 heavy (non-hydrogen) atoms. The molecule has 2 rings (SSSR count). The summed E-state index contributed by atoms with van der Waals surface area (Å²) in [4.78, 5) is 14.1. The van der Waals surface area contributed by atoms with Gasteiger partial charge in [-0.2, -0.15) is 0 Å². The first-order chi connectivity index (χ1) is 7.75. The number of rotatable bonds is 2. The molecule has 2 N–H and O–H groups in total. The average molecular weight is 261 g/mol. The fraction of sp³-hybridized carbons (Fsp3) is 0.923. The summed E-state index contributed by atoms with van der Waals surface area (Å²) >= 11 is 0. The van der Waals surface area contributed by atoms with Crippen LogP contribution in [0.4, 0.5) is 0 Å². The van der Waals surface area contributed by atoms with Crippen LogP contribution >= 0.6 is 12.4 Å². The Labute approximate surface area is 111 Å². The maximum Gasteiger partial charge on any atom is 0.222 e. The zero-order valence-corrected chi connectivity index (χ0v) is 11.4. The number of nitrogens with two attached hydrogens (primary N) is 1. The third-order valence-corrected chi connectivity index (χ3v) is 4.00. The number of nitrogens with zero attached hydrogens (tertiary/aromatic N) is 1. The maximum atomic E-state index is 12.1. The van der Waals surface area contributed by atoms with Gasteiger partial charge in [0.25, 0.3) is 0 Å². The van der Waals surface area contributed by atoms with Crippen LogP contribution < -0.4 is 5.73 Å².